The molecule has 0 aliphatic carbocycles. The highest BCUT2D eigenvalue weighted by Gasteiger charge is 2.18. The number of rotatable bonds is 5. The van der Waals surface area contributed by atoms with E-state index < -0.39 is 0 Å². The summed E-state index contributed by atoms with van der Waals surface area (Å²) < 4.78 is 0. The van der Waals surface area contributed by atoms with Gasteiger partial charge in [0.1, 0.15) is 0 Å². The van der Waals surface area contributed by atoms with Gasteiger partial charge in [0.2, 0.25) is 0 Å². The molecule has 0 spiro atoms. The van der Waals surface area contributed by atoms with E-state index in [0.29, 0.717) is 16.5 Å². The van der Waals surface area contributed by atoms with Gasteiger partial charge in [-0.3, -0.25) is 9.59 Å². The molecule has 0 N–H and O–H groups in total. The summed E-state index contributed by atoms with van der Waals surface area (Å²) in [6.07, 6.45) is 0.230. The molecule has 0 atom stereocenters. The Labute approximate surface area is 135 Å². The van der Waals surface area contributed by atoms with Crippen molar-refractivity contribution in [3.63, 3.8) is 0 Å². The number of aromatic nitrogens is 1. The molecule has 0 saturated heterocycles. The maximum atomic E-state index is 12.5. The Morgan fingerprint density at radius 1 is 1.23 bits per heavy atom. The highest BCUT2D eigenvalue weighted by molar-refractivity contribution is 7.11. The van der Waals surface area contributed by atoms with E-state index >= 15 is 0 Å². The number of hydrogen-bond donors (Lipinski definition) is 0. The lowest BCUT2D eigenvalue weighted by molar-refractivity contribution is 0.0991. The van der Waals surface area contributed by atoms with Crippen LogP contribution < -0.4 is 0 Å². The first-order valence-corrected chi connectivity index (χ1v) is 8.27. The molecular formula is C18H21NO2S. The van der Waals surface area contributed by atoms with Crippen LogP contribution in [-0.4, -0.2) is 16.6 Å². The van der Waals surface area contributed by atoms with E-state index in [-0.39, 0.29) is 18.0 Å². The minimum absolute atomic E-state index is 0.00657. The lowest BCUT2D eigenvalue weighted by Gasteiger charge is -2.12. The molecular weight excluding hydrogens is 294 g/mol. The normalized spacial score (nSPS) is 11.0. The average Bonchev–Trinajstić information content (AvgIpc) is 2.93. The van der Waals surface area contributed by atoms with Gasteiger partial charge >= 0.3 is 0 Å². The van der Waals surface area contributed by atoms with E-state index in [9.17, 15) is 9.59 Å². The van der Waals surface area contributed by atoms with Gasteiger partial charge in [-0.15, -0.1) is 11.3 Å². The van der Waals surface area contributed by atoms with Crippen LogP contribution in [0.1, 0.15) is 69.2 Å². The SMILES string of the molecule is CC(=O)c1ccc(C)c(C)c1CC(=O)c1nc(C(C)C)cs1. The van der Waals surface area contributed by atoms with Gasteiger partial charge in [-0.05, 0) is 43.4 Å². The number of ketones is 2. The molecule has 4 heteroatoms. The molecule has 0 amide bonds. The Bertz CT molecular complexity index is 729. The van der Waals surface area contributed by atoms with E-state index in [1.165, 1.54) is 11.3 Å². The molecule has 0 unspecified atom stereocenters. The van der Waals surface area contributed by atoms with Crippen LogP contribution in [0.25, 0.3) is 0 Å². The molecule has 2 aromatic rings. The van der Waals surface area contributed by atoms with E-state index in [1.807, 2.05) is 31.4 Å². The van der Waals surface area contributed by atoms with Crippen LogP contribution >= 0.6 is 11.3 Å². The fraction of sp³-hybridized carbons (Fsp3) is 0.389. The van der Waals surface area contributed by atoms with E-state index in [1.54, 1.807) is 6.92 Å². The van der Waals surface area contributed by atoms with Crippen molar-refractivity contribution in [3.8, 4) is 0 Å². The molecule has 3 nitrogen and oxygen atoms in total. The Morgan fingerprint density at radius 2 is 1.91 bits per heavy atom. The molecule has 1 aromatic carbocycles. The summed E-state index contributed by atoms with van der Waals surface area (Å²) in [5.74, 6) is 0.285. The number of hydrogen-bond acceptors (Lipinski definition) is 4. The first-order chi connectivity index (χ1) is 10.3. The Hall–Kier alpha value is -1.81. The third kappa shape index (κ3) is 3.33. The van der Waals surface area contributed by atoms with Crippen molar-refractivity contribution in [2.75, 3.05) is 0 Å². The van der Waals surface area contributed by atoms with Crippen LogP contribution in [0.4, 0.5) is 0 Å². The standard InChI is InChI=1S/C18H21NO2S/c1-10(2)16-9-22-18(19-16)17(21)8-15-12(4)11(3)6-7-14(15)13(5)20/h6-7,9-10H,8H2,1-5H3. The van der Waals surface area contributed by atoms with Gasteiger partial charge in [0.15, 0.2) is 16.6 Å². The zero-order valence-corrected chi connectivity index (χ0v) is 14.5. The minimum Gasteiger partial charge on any atom is -0.295 e. The Balaban J connectivity index is 2.35. The highest BCUT2D eigenvalue weighted by atomic mass is 32.1. The Kier molecular flexibility index (Phi) is 4.91. The minimum atomic E-state index is -0.0203. The van der Waals surface area contributed by atoms with Crippen molar-refractivity contribution in [2.45, 2.75) is 47.0 Å². The predicted molar refractivity (Wildman–Crippen MR) is 90.2 cm³/mol. The number of carbonyl (C=O) groups excluding carboxylic acids is 2. The van der Waals surface area contributed by atoms with Gasteiger partial charge in [0, 0.05) is 17.4 Å². The molecule has 1 aromatic heterocycles. The smallest absolute Gasteiger partial charge is 0.195 e. The molecule has 0 radical (unpaired) electrons. The van der Waals surface area contributed by atoms with E-state index in [2.05, 4.69) is 18.8 Å². The summed E-state index contributed by atoms with van der Waals surface area (Å²) >= 11 is 1.38. The average molecular weight is 315 g/mol. The molecule has 116 valence electrons. The second-order valence-corrected chi connectivity index (χ2v) is 6.78. The van der Waals surface area contributed by atoms with Gasteiger partial charge in [-0.1, -0.05) is 26.0 Å². The van der Waals surface area contributed by atoms with Crippen LogP contribution in [0.5, 0.6) is 0 Å². The summed E-state index contributed by atoms with van der Waals surface area (Å²) in [6.45, 7) is 9.61. The quantitative estimate of drug-likeness (QED) is 0.763. The van der Waals surface area contributed by atoms with Gasteiger partial charge in [0.05, 0.1) is 5.69 Å². The first kappa shape index (κ1) is 16.6. The molecule has 0 saturated carbocycles. The molecule has 0 fully saturated rings. The molecule has 22 heavy (non-hydrogen) atoms. The third-order valence-corrected chi connectivity index (χ3v) is 4.84. The number of thiazole rings is 1. The predicted octanol–water partition coefficient (Wildman–Crippen LogP) is 4.51. The molecule has 1 heterocycles. The highest BCUT2D eigenvalue weighted by Crippen LogP contribution is 2.23. The second kappa shape index (κ2) is 6.53. The van der Waals surface area contributed by atoms with Crippen molar-refractivity contribution in [1.29, 1.82) is 0 Å². The lowest BCUT2D eigenvalue weighted by Crippen LogP contribution is -2.10. The van der Waals surface area contributed by atoms with E-state index in [0.717, 1.165) is 22.4 Å². The van der Waals surface area contributed by atoms with Gasteiger partial charge in [0.25, 0.3) is 0 Å². The van der Waals surface area contributed by atoms with Crippen molar-refractivity contribution in [2.24, 2.45) is 0 Å². The van der Waals surface area contributed by atoms with E-state index in [4.69, 9.17) is 0 Å². The molecule has 0 aliphatic rings. The maximum Gasteiger partial charge on any atom is 0.195 e. The van der Waals surface area contributed by atoms with Crippen molar-refractivity contribution >= 4 is 22.9 Å². The number of benzene rings is 1. The summed E-state index contributed by atoms with van der Waals surface area (Å²) in [5, 5.41) is 2.46. The second-order valence-electron chi connectivity index (χ2n) is 5.92. The largest absolute Gasteiger partial charge is 0.295 e. The number of nitrogens with zero attached hydrogens (tertiary/aromatic N) is 1. The number of Topliss-reactive ketones (excluding diaryl/α,β-unsaturated/α-hetero) is 2. The van der Waals surface area contributed by atoms with Crippen LogP contribution in [0.3, 0.4) is 0 Å². The number of aryl methyl sites for hydroxylation is 1. The van der Waals surface area contributed by atoms with Crippen LogP contribution in [0.15, 0.2) is 17.5 Å². The van der Waals surface area contributed by atoms with Crippen LogP contribution in [-0.2, 0) is 6.42 Å². The van der Waals surface area contributed by atoms with Gasteiger partial charge in [-0.25, -0.2) is 4.98 Å². The monoisotopic (exact) mass is 315 g/mol. The first-order valence-electron chi connectivity index (χ1n) is 7.40. The lowest BCUT2D eigenvalue weighted by atomic mass is 9.92. The molecule has 0 bridgehead atoms. The zero-order valence-electron chi connectivity index (χ0n) is 13.7. The van der Waals surface area contributed by atoms with Crippen molar-refractivity contribution in [1.82, 2.24) is 4.98 Å². The summed E-state index contributed by atoms with van der Waals surface area (Å²) in [7, 11) is 0. The van der Waals surface area contributed by atoms with Crippen molar-refractivity contribution < 1.29 is 9.59 Å². The third-order valence-electron chi connectivity index (χ3n) is 3.94. The fourth-order valence-corrected chi connectivity index (χ4v) is 3.27. The maximum absolute atomic E-state index is 12.5. The summed E-state index contributed by atoms with van der Waals surface area (Å²) in [4.78, 5) is 28.8. The van der Waals surface area contributed by atoms with Gasteiger partial charge in [-0.2, -0.15) is 0 Å². The summed E-state index contributed by atoms with van der Waals surface area (Å²) in [6, 6.07) is 3.75. The molecule has 0 aliphatic heterocycles. The zero-order chi connectivity index (χ0) is 16.4. The van der Waals surface area contributed by atoms with Crippen molar-refractivity contribution in [3.05, 3.63) is 50.5 Å². The van der Waals surface area contributed by atoms with Gasteiger partial charge < -0.3 is 0 Å². The summed E-state index contributed by atoms with van der Waals surface area (Å²) in [5.41, 5.74) is 4.52. The molecule has 2 rings (SSSR count). The topological polar surface area (TPSA) is 47.0 Å². The van der Waals surface area contributed by atoms with Crippen LogP contribution in [0, 0.1) is 13.8 Å². The Morgan fingerprint density at radius 3 is 2.45 bits per heavy atom. The fourth-order valence-electron chi connectivity index (χ4n) is 2.35. The number of carbonyl (C=O) groups is 2. The van der Waals surface area contributed by atoms with Crippen LogP contribution in [0.2, 0.25) is 0 Å².